The number of alkyl halides is 3. The number of nitrogens with two attached hydrogens (primary N) is 1. The van der Waals surface area contributed by atoms with Crippen molar-refractivity contribution in [2.75, 3.05) is 23.8 Å². The molecule has 2 heterocycles. The minimum Gasteiger partial charge on any atom is -0.394 e. The molecule has 1 aliphatic rings. The lowest BCUT2D eigenvalue weighted by molar-refractivity contribution is -0.137. The van der Waals surface area contributed by atoms with E-state index in [1.165, 1.54) is 0 Å². The quantitative estimate of drug-likeness (QED) is 0.849. The first-order chi connectivity index (χ1) is 8.41. The summed E-state index contributed by atoms with van der Waals surface area (Å²) in [6.07, 6.45) is -2.88. The maximum atomic E-state index is 12.7. The van der Waals surface area contributed by atoms with Crippen molar-refractivity contribution >= 4 is 11.6 Å². The van der Waals surface area contributed by atoms with Crippen molar-refractivity contribution in [3.8, 4) is 0 Å². The summed E-state index contributed by atoms with van der Waals surface area (Å²) in [6.45, 7) is 0.483. The first kappa shape index (κ1) is 12.9. The highest BCUT2D eigenvalue weighted by molar-refractivity contribution is 5.50. The van der Waals surface area contributed by atoms with Gasteiger partial charge in [0.2, 0.25) is 0 Å². The van der Waals surface area contributed by atoms with Gasteiger partial charge in [-0.25, -0.2) is 4.98 Å². The number of hydrogen-bond donors (Lipinski definition) is 2. The third-order valence-electron chi connectivity index (χ3n) is 3.04. The Morgan fingerprint density at radius 2 is 2.17 bits per heavy atom. The van der Waals surface area contributed by atoms with E-state index in [1.807, 2.05) is 0 Å². The summed E-state index contributed by atoms with van der Waals surface area (Å²) in [5.74, 6) is 0.0160. The van der Waals surface area contributed by atoms with Gasteiger partial charge in [-0.05, 0) is 25.0 Å². The van der Waals surface area contributed by atoms with Gasteiger partial charge in [0, 0.05) is 6.54 Å². The lowest BCUT2D eigenvalue weighted by atomic mass is 10.2. The highest BCUT2D eigenvalue weighted by Crippen LogP contribution is 2.33. The molecule has 1 saturated heterocycles. The Morgan fingerprint density at radius 1 is 1.44 bits per heavy atom. The summed E-state index contributed by atoms with van der Waals surface area (Å²) >= 11 is 0. The Labute approximate surface area is 102 Å². The Morgan fingerprint density at radius 3 is 2.78 bits per heavy atom. The van der Waals surface area contributed by atoms with Gasteiger partial charge in [-0.1, -0.05) is 0 Å². The number of rotatable bonds is 2. The van der Waals surface area contributed by atoms with Crippen LogP contribution in [-0.2, 0) is 6.18 Å². The predicted octanol–water partition coefficient (Wildman–Crippen LogP) is 1.64. The van der Waals surface area contributed by atoms with E-state index in [0.717, 1.165) is 25.0 Å². The van der Waals surface area contributed by atoms with E-state index in [-0.39, 0.29) is 24.3 Å². The molecular formula is C11H14F3N3O. The van der Waals surface area contributed by atoms with Crippen LogP contribution >= 0.6 is 0 Å². The van der Waals surface area contributed by atoms with Gasteiger partial charge in [-0.15, -0.1) is 0 Å². The van der Waals surface area contributed by atoms with Crippen LogP contribution in [0.3, 0.4) is 0 Å². The molecule has 1 unspecified atom stereocenters. The third-order valence-corrected chi connectivity index (χ3v) is 3.04. The zero-order chi connectivity index (χ0) is 13.3. The molecule has 1 fully saturated rings. The van der Waals surface area contributed by atoms with Crippen molar-refractivity contribution < 1.29 is 18.3 Å². The number of aliphatic hydroxyl groups excluding tert-OH is 1. The lowest BCUT2D eigenvalue weighted by Gasteiger charge is -2.25. The number of aromatic nitrogens is 1. The number of pyridine rings is 1. The highest BCUT2D eigenvalue weighted by Gasteiger charge is 2.33. The number of nitrogens with zero attached hydrogens (tertiary/aromatic N) is 2. The number of halogens is 3. The summed E-state index contributed by atoms with van der Waals surface area (Å²) in [5, 5.41) is 9.17. The molecule has 7 heteroatoms. The van der Waals surface area contributed by atoms with Gasteiger partial charge >= 0.3 is 6.18 Å². The van der Waals surface area contributed by atoms with Gasteiger partial charge in [-0.3, -0.25) is 0 Å². The molecule has 1 aromatic rings. The van der Waals surface area contributed by atoms with E-state index < -0.39 is 11.7 Å². The molecule has 0 saturated carbocycles. The van der Waals surface area contributed by atoms with Gasteiger partial charge in [0.15, 0.2) is 0 Å². The maximum absolute atomic E-state index is 12.7. The van der Waals surface area contributed by atoms with Crippen LogP contribution in [0.5, 0.6) is 0 Å². The number of nitrogen functional groups attached to an aromatic ring is 1. The van der Waals surface area contributed by atoms with Crippen LogP contribution in [0.25, 0.3) is 0 Å². The molecule has 1 aromatic heterocycles. The van der Waals surface area contributed by atoms with Crippen molar-refractivity contribution in [1.29, 1.82) is 0 Å². The van der Waals surface area contributed by atoms with Gasteiger partial charge in [0.1, 0.15) is 11.6 Å². The second kappa shape index (κ2) is 4.64. The number of aliphatic hydroxyl groups is 1. The van der Waals surface area contributed by atoms with Gasteiger partial charge in [0.25, 0.3) is 0 Å². The van der Waals surface area contributed by atoms with Crippen molar-refractivity contribution in [3.63, 3.8) is 0 Å². The average Bonchev–Trinajstić information content (AvgIpc) is 2.74. The Bertz CT molecular complexity index is 436. The zero-order valence-electron chi connectivity index (χ0n) is 9.61. The zero-order valence-corrected chi connectivity index (χ0v) is 9.61. The molecular weight excluding hydrogens is 247 g/mol. The van der Waals surface area contributed by atoms with Crippen LogP contribution in [0.2, 0.25) is 0 Å². The molecule has 100 valence electrons. The summed E-state index contributed by atoms with van der Waals surface area (Å²) in [6, 6.07) is 1.61. The molecule has 0 amide bonds. The Balaban J connectivity index is 2.36. The van der Waals surface area contributed by atoms with Crippen molar-refractivity contribution in [1.82, 2.24) is 4.98 Å². The molecule has 18 heavy (non-hydrogen) atoms. The minimum atomic E-state index is -4.44. The van der Waals surface area contributed by atoms with Gasteiger partial charge < -0.3 is 15.7 Å². The summed E-state index contributed by atoms with van der Waals surface area (Å²) in [5.41, 5.74) is 4.60. The maximum Gasteiger partial charge on any atom is 0.416 e. The normalized spacial score (nSPS) is 20.4. The van der Waals surface area contributed by atoms with Crippen molar-refractivity contribution in [2.45, 2.75) is 25.1 Å². The second-order valence-electron chi connectivity index (χ2n) is 4.31. The second-order valence-corrected chi connectivity index (χ2v) is 4.31. The van der Waals surface area contributed by atoms with Crippen LogP contribution in [0.4, 0.5) is 24.8 Å². The van der Waals surface area contributed by atoms with Gasteiger partial charge in [0.05, 0.1) is 18.2 Å². The van der Waals surface area contributed by atoms with E-state index in [2.05, 4.69) is 4.98 Å². The molecule has 0 bridgehead atoms. The summed E-state index contributed by atoms with van der Waals surface area (Å²) in [7, 11) is 0. The molecule has 3 N–H and O–H groups in total. The first-order valence-electron chi connectivity index (χ1n) is 5.64. The molecule has 2 rings (SSSR count). The molecule has 0 aliphatic carbocycles. The largest absolute Gasteiger partial charge is 0.416 e. The topological polar surface area (TPSA) is 62.4 Å². The molecule has 0 aromatic carbocycles. The molecule has 1 atom stereocenters. The van der Waals surface area contributed by atoms with Crippen LogP contribution < -0.4 is 10.6 Å². The Kier molecular flexibility index (Phi) is 3.34. The van der Waals surface area contributed by atoms with Crippen LogP contribution in [-0.4, -0.2) is 29.3 Å². The standard InChI is InChI=1S/C11H14F3N3O/c12-11(13,14)7-4-9(15)16-10(5-7)17-3-1-2-8(17)6-18/h4-5,8,18H,1-3,6H2,(H2,15,16). The predicted molar refractivity (Wildman–Crippen MR) is 61.1 cm³/mol. The number of hydrogen-bond acceptors (Lipinski definition) is 4. The molecule has 0 radical (unpaired) electrons. The van der Waals surface area contributed by atoms with Crippen molar-refractivity contribution in [3.05, 3.63) is 17.7 Å². The van der Waals surface area contributed by atoms with E-state index in [1.54, 1.807) is 4.90 Å². The van der Waals surface area contributed by atoms with E-state index in [0.29, 0.717) is 6.54 Å². The first-order valence-corrected chi connectivity index (χ1v) is 5.64. The van der Waals surface area contributed by atoms with Crippen molar-refractivity contribution in [2.24, 2.45) is 0 Å². The SMILES string of the molecule is Nc1cc(C(F)(F)F)cc(N2CCCC2CO)n1. The molecule has 1 aliphatic heterocycles. The smallest absolute Gasteiger partial charge is 0.394 e. The summed E-state index contributed by atoms with van der Waals surface area (Å²) < 4.78 is 38.0. The highest BCUT2D eigenvalue weighted by atomic mass is 19.4. The van der Waals surface area contributed by atoms with E-state index in [4.69, 9.17) is 5.73 Å². The number of anilines is 2. The van der Waals surface area contributed by atoms with Crippen LogP contribution in [0, 0.1) is 0 Å². The monoisotopic (exact) mass is 261 g/mol. The fourth-order valence-electron chi connectivity index (χ4n) is 2.17. The van der Waals surface area contributed by atoms with Gasteiger partial charge in [-0.2, -0.15) is 13.2 Å². The molecule has 0 spiro atoms. The average molecular weight is 261 g/mol. The lowest BCUT2D eigenvalue weighted by Crippen LogP contribution is -2.33. The van der Waals surface area contributed by atoms with Crippen LogP contribution in [0.15, 0.2) is 12.1 Å². The molecule has 4 nitrogen and oxygen atoms in total. The fourth-order valence-corrected chi connectivity index (χ4v) is 2.17. The summed E-state index contributed by atoms with van der Waals surface area (Å²) in [4.78, 5) is 5.59. The Hall–Kier alpha value is -1.50. The third kappa shape index (κ3) is 2.50. The van der Waals surface area contributed by atoms with Crippen LogP contribution in [0.1, 0.15) is 18.4 Å². The minimum absolute atomic E-state index is 0.0994. The van der Waals surface area contributed by atoms with E-state index in [9.17, 15) is 18.3 Å². The van der Waals surface area contributed by atoms with E-state index >= 15 is 0 Å². The fraction of sp³-hybridized carbons (Fsp3) is 0.545.